The van der Waals surface area contributed by atoms with E-state index in [1.165, 1.54) is 18.2 Å². The van der Waals surface area contributed by atoms with Crippen LogP contribution in [0.15, 0.2) is 75.9 Å². The summed E-state index contributed by atoms with van der Waals surface area (Å²) in [5, 5.41) is 14.2. The lowest BCUT2D eigenvalue weighted by molar-refractivity contribution is 0.0510. The molecule has 3 heterocycles. The van der Waals surface area contributed by atoms with Crippen molar-refractivity contribution in [1.29, 1.82) is 0 Å². The summed E-state index contributed by atoms with van der Waals surface area (Å²) in [6.45, 7) is 0.842. The van der Waals surface area contributed by atoms with E-state index in [9.17, 15) is 9.18 Å². The Hall–Kier alpha value is -4.63. The molecule has 0 radical (unpaired) electrons. The highest BCUT2D eigenvalue weighted by molar-refractivity contribution is 5.89. The minimum absolute atomic E-state index is 0.0782. The molecule has 0 spiro atoms. The Labute approximate surface area is 210 Å². The third kappa shape index (κ3) is 4.89. The summed E-state index contributed by atoms with van der Waals surface area (Å²) in [7, 11) is 0. The number of tetrazole rings is 1. The Balaban J connectivity index is 1.16. The summed E-state index contributed by atoms with van der Waals surface area (Å²) in [6.07, 6.45) is 4.53. The molecule has 3 aromatic carbocycles. The van der Waals surface area contributed by atoms with E-state index in [4.69, 9.17) is 13.9 Å². The van der Waals surface area contributed by atoms with Crippen LogP contribution in [-0.2, 0) is 17.8 Å². The van der Waals surface area contributed by atoms with Crippen molar-refractivity contribution >= 4 is 23.1 Å². The van der Waals surface area contributed by atoms with Gasteiger partial charge in [0.05, 0.1) is 18.6 Å². The van der Waals surface area contributed by atoms with Gasteiger partial charge in [0, 0.05) is 18.1 Å². The number of aromatic amines is 1. The van der Waals surface area contributed by atoms with Crippen LogP contribution in [0.1, 0.15) is 22.3 Å². The lowest BCUT2D eigenvalue weighted by atomic mass is 10.0. The predicted molar refractivity (Wildman–Crippen MR) is 135 cm³/mol. The summed E-state index contributed by atoms with van der Waals surface area (Å²) in [6, 6.07) is 19.1. The van der Waals surface area contributed by atoms with Gasteiger partial charge >= 0.3 is 0 Å². The second-order valence-corrected chi connectivity index (χ2v) is 8.72. The van der Waals surface area contributed by atoms with Crippen molar-refractivity contribution in [3.63, 3.8) is 0 Å². The molecule has 8 nitrogen and oxygen atoms in total. The SMILES string of the molecule is O=c1cc(-c2nn[nH]n2)oc2c(C=Cc3ccc4c(c3)CC(COCc3ccc(F)cc3)O4)cccc12. The number of halogens is 1. The number of rotatable bonds is 7. The number of aromatic nitrogens is 4. The molecular weight excluding hydrogens is 475 g/mol. The molecule has 6 rings (SSSR count). The van der Waals surface area contributed by atoms with E-state index in [-0.39, 0.29) is 28.9 Å². The van der Waals surface area contributed by atoms with Gasteiger partial charge in [-0.2, -0.15) is 5.21 Å². The van der Waals surface area contributed by atoms with Crippen LogP contribution >= 0.6 is 0 Å². The summed E-state index contributed by atoms with van der Waals surface area (Å²) >= 11 is 0. The van der Waals surface area contributed by atoms with Crippen LogP contribution in [0.3, 0.4) is 0 Å². The zero-order valence-electron chi connectivity index (χ0n) is 19.6. The largest absolute Gasteiger partial charge is 0.487 e. The molecule has 0 saturated carbocycles. The van der Waals surface area contributed by atoms with Gasteiger partial charge in [-0.25, -0.2) is 4.39 Å². The van der Waals surface area contributed by atoms with Gasteiger partial charge in [0.1, 0.15) is 23.3 Å². The highest BCUT2D eigenvalue weighted by Gasteiger charge is 2.23. The number of H-pyrrole nitrogens is 1. The third-order valence-corrected chi connectivity index (χ3v) is 6.12. The van der Waals surface area contributed by atoms with E-state index in [0.29, 0.717) is 24.2 Å². The Bertz CT molecular complexity index is 1650. The summed E-state index contributed by atoms with van der Waals surface area (Å²) in [4.78, 5) is 12.6. The molecule has 184 valence electrons. The average molecular weight is 496 g/mol. The topological polar surface area (TPSA) is 103 Å². The fourth-order valence-corrected chi connectivity index (χ4v) is 4.32. The quantitative estimate of drug-likeness (QED) is 0.323. The van der Waals surface area contributed by atoms with Crippen LogP contribution < -0.4 is 10.2 Å². The predicted octanol–water partition coefficient (Wildman–Crippen LogP) is 4.80. The van der Waals surface area contributed by atoms with E-state index in [1.54, 1.807) is 18.2 Å². The number of ether oxygens (including phenoxy) is 2. The van der Waals surface area contributed by atoms with Gasteiger partial charge in [-0.3, -0.25) is 4.79 Å². The summed E-state index contributed by atoms with van der Waals surface area (Å²) in [5.41, 5.74) is 4.03. The van der Waals surface area contributed by atoms with Crippen molar-refractivity contribution in [2.75, 3.05) is 6.61 Å². The molecule has 1 N–H and O–H groups in total. The van der Waals surface area contributed by atoms with Gasteiger partial charge in [0.2, 0.25) is 5.82 Å². The Kier molecular flexibility index (Phi) is 6.03. The van der Waals surface area contributed by atoms with Crippen molar-refractivity contribution in [2.24, 2.45) is 0 Å². The summed E-state index contributed by atoms with van der Waals surface area (Å²) < 4.78 is 30.8. The minimum Gasteiger partial charge on any atom is -0.487 e. The first-order chi connectivity index (χ1) is 18.1. The molecule has 1 aliphatic rings. The molecule has 0 fully saturated rings. The zero-order valence-corrected chi connectivity index (χ0v) is 19.6. The Morgan fingerprint density at radius 3 is 2.81 bits per heavy atom. The van der Waals surface area contributed by atoms with E-state index in [1.807, 2.05) is 36.4 Å². The maximum Gasteiger partial charge on any atom is 0.239 e. The second kappa shape index (κ2) is 9.79. The van der Waals surface area contributed by atoms with Crippen LogP contribution in [-0.4, -0.2) is 33.3 Å². The maximum atomic E-state index is 13.1. The highest BCUT2D eigenvalue weighted by Crippen LogP contribution is 2.31. The number of hydrogen-bond acceptors (Lipinski definition) is 7. The van der Waals surface area contributed by atoms with Gasteiger partial charge in [-0.05, 0) is 52.2 Å². The maximum absolute atomic E-state index is 13.1. The van der Waals surface area contributed by atoms with E-state index >= 15 is 0 Å². The van der Waals surface area contributed by atoms with Crippen molar-refractivity contribution < 1.29 is 18.3 Å². The monoisotopic (exact) mass is 496 g/mol. The molecule has 1 unspecified atom stereocenters. The molecule has 0 saturated heterocycles. The van der Waals surface area contributed by atoms with E-state index < -0.39 is 0 Å². The van der Waals surface area contributed by atoms with Crippen LogP contribution in [0.4, 0.5) is 4.39 Å². The number of hydrogen-bond donors (Lipinski definition) is 1. The first kappa shape index (κ1) is 22.8. The lowest BCUT2D eigenvalue weighted by Gasteiger charge is -2.11. The summed E-state index contributed by atoms with van der Waals surface area (Å²) in [5.74, 6) is 1.04. The zero-order chi connectivity index (χ0) is 25.2. The number of fused-ring (bicyclic) bond motifs is 2. The first-order valence-corrected chi connectivity index (χ1v) is 11.7. The smallest absolute Gasteiger partial charge is 0.239 e. The molecule has 37 heavy (non-hydrogen) atoms. The number of benzene rings is 3. The van der Waals surface area contributed by atoms with Crippen LogP contribution in [0.2, 0.25) is 0 Å². The molecule has 0 aliphatic carbocycles. The first-order valence-electron chi connectivity index (χ1n) is 11.7. The fraction of sp³-hybridized carbons (Fsp3) is 0.143. The second-order valence-electron chi connectivity index (χ2n) is 8.72. The van der Waals surface area contributed by atoms with Crippen molar-refractivity contribution in [1.82, 2.24) is 20.6 Å². The third-order valence-electron chi connectivity index (χ3n) is 6.12. The Morgan fingerprint density at radius 2 is 1.97 bits per heavy atom. The minimum atomic E-state index is -0.262. The van der Waals surface area contributed by atoms with E-state index in [2.05, 4.69) is 26.7 Å². The molecule has 0 amide bonds. The normalized spacial score (nSPS) is 14.8. The standard InChI is InChI=1S/C28H21FN4O4/c29-21-9-5-18(6-10-21)15-35-16-22-13-20-12-17(7-11-25(20)36-22)4-8-19-2-1-3-23-24(34)14-26(37-27(19)23)28-30-32-33-31-28/h1-12,14,22H,13,15-16H2,(H,30,31,32,33). The van der Waals surface area contributed by atoms with Gasteiger partial charge in [0.15, 0.2) is 11.2 Å². The molecule has 1 atom stereocenters. The highest BCUT2D eigenvalue weighted by atomic mass is 19.1. The van der Waals surface area contributed by atoms with Crippen LogP contribution in [0.5, 0.6) is 5.75 Å². The van der Waals surface area contributed by atoms with Crippen LogP contribution in [0, 0.1) is 5.82 Å². The molecule has 5 aromatic rings. The molecule has 2 aromatic heterocycles. The molecule has 9 heteroatoms. The van der Waals surface area contributed by atoms with Gasteiger partial charge in [-0.15, -0.1) is 10.2 Å². The van der Waals surface area contributed by atoms with Crippen molar-refractivity contribution in [3.8, 4) is 17.3 Å². The number of nitrogens with zero attached hydrogens (tertiary/aromatic N) is 3. The van der Waals surface area contributed by atoms with E-state index in [0.717, 1.165) is 34.4 Å². The average Bonchev–Trinajstić information content (AvgIpc) is 3.59. The van der Waals surface area contributed by atoms with Gasteiger partial charge in [-0.1, -0.05) is 42.5 Å². The molecular formula is C28H21FN4O4. The number of nitrogens with one attached hydrogen (secondary N) is 1. The lowest BCUT2D eigenvalue weighted by Crippen LogP contribution is -2.20. The van der Waals surface area contributed by atoms with Crippen molar-refractivity contribution in [2.45, 2.75) is 19.1 Å². The number of para-hydroxylation sites is 1. The van der Waals surface area contributed by atoms with Gasteiger partial charge < -0.3 is 13.9 Å². The van der Waals surface area contributed by atoms with Gasteiger partial charge in [0.25, 0.3) is 0 Å². The molecule has 0 bridgehead atoms. The molecule has 1 aliphatic heterocycles. The van der Waals surface area contributed by atoms with Crippen molar-refractivity contribution in [3.05, 3.63) is 105 Å². The fourth-order valence-electron chi connectivity index (χ4n) is 4.32. The van der Waals surface area contributed by atoms with Crippen LogP contribution in [0.25, 0.3) is 34.7 Å². The Morgan fingerprint density at radius 1 is 1.08 bits per heavy atom.